The average molecular weight is 264 g/mol. The highest BCUT2D eigenvalue weighted by Crippen LogP contribution is 2.20. The molecule has 0 unspecified atom stereocenters. The van der Waals surface area contributed by atoms with Crippen LogP contribution < -0.4 is 0 Å². The molecule has 5 heteroatoms. The summed E-state index contributed by atoms with van der Waals surface area (Å²) in [6, 6.07) is 5.77. The Balaban J connectivity index is 2.12. The van der Waals surface area contributed by atoms with E-state index in [1.165, 1.54) is 12.1 Å². The van der Waals surface area contributed by atoms with Gasteiger partial charge in [-0.2, -0.15) is 0 Å². The van der Waals surface area contributed by atoms with Crippen molar-refractivity contribution in [1.29, 1.82) is 0 Å². The summed E-state index contributed by atoms with van der Waals surface area (Å²) in [5.74, 6) is 0.210. The first-order valence-corrected chi connectivity index (χ1v) is 6.24. The van der Waals surface area contributed by atoms with Crippen LogP contribution in [0.4, 0.5) is 4.39 Å². The Morgan fingerprint density at radius 1 is 1.37 bits per heavy atom. The molecule has 0 aliphatic carbocycles. The van der Waals surface area contributed by atoms with Gasteiger partial charge in [0.05, 0.1) is 6.61 Å². The van der Waals surface area contributed by atoms with Crippen molar-refractivity contribution in [2.45, 2.75) is 19.6 Å². The lowest BCUT2D eigenvalue weighted by Crippen LogP contribution is -2.13. The average Bonchev–Trinajstić information content (AvgIpc) is 2.87. The Morgan fingerprint density at radius 2 is 2.11 bits per heavy atom. The summed E-state index contributed by atoms with van der Waals surface area (Å²) in [4.78, 5) is 4.16. The van der Waals surface area contributed by atoms with Crippen molar-refractivity contribution >= 4 is 0 Å². The fraction of sp³-hybridized carbons (Fsp3) is 0.357. The van der Waals surface area contributed by atoms with Gasteiger partial charge >= 0.3 is 0 Å². The summed E-state index contributed by atoms with van der Waals surface area (Å²) in [6.07, 6.45) is 2.56. The van der Waals surface area contributed by atoms with Crippen LogP contribution in [0.2, 0.25) is 0 Å². The molecule has 0 bridgehead atoms. The third-order valence-corrected chi connectivity index (χ3v) is 2.86. The van der Waals surface area contributed by atoms with E-state index in [1.807, 2.05) is 11.5 Å². The summed E-state index contributed by atoms with van der Waals surface area (Å²) in [5.41, 5.74) is 0.616. The lowest BCUT2D eigenvalue weighted by Gasteiger charge is -2.13. The summed E-state index contributed by atoms with van der Waals surface area (Å²) in [5, 5.41) is 10.3. The van der Waals surface area contributed by atoms with Gasteiger partial charge in [0, 0.05) is 25.5 Å². The van der Waals surface area contributed by atoms with Gasteiger partial charge < -0.3 is 14.4 Å². The fourth-order valence-corrected chi connectivity index (χ4v) is 1.86. The minimum absolute atomic E-state index is 0.323. The molecule has 4 nitrogen and oxygen atoms in total. The number of nitrogens with zero attached hydrogens (tertiary/aromatic N) is 2. The van der Waals surface area contributed by atoms with Crippen molar-refractivity contribution in [3.05, 3.63) is 53.9 Å². The second-order valence-electron chi connectivity index (χ2n) is 4.13. The summed E-state index contributed by atoms with van der Waals surface area (Å²) >= 11 is 0. The number of hydrogen-bond acceptors (Lipinski definition) is 3. The Morgan fingerprint density at radius 3 is 2.79 bits per heavy atom. The molecule has 0 saturated heterocycles. The molecule has 1 aromatic heterocycles. The van der Waals surface area contributed by atoms with Crippen molar-refractivity contribution in [2.75, 3.05) is 13.2 Å². The highest BCUT2D eigenvalue weighted by Gasteiger charge is 2.16. The molecular weight excluding hydrogens is 247 g/mol. The molecule has 1 atom stereocenters. The van der Waals surface area contributed by atoms with Crippen LogP contribution in [0.1, 0.15) is 24.4 Å². The van der Waals surface area contributed by atoms with E-state index < -0.39 is 6.10 Å². The Hall–Kier alpha value is -1.72. The number of ether oxygens (including phenoxy) is 1. The molecule has 1 aromatic carbocycles. The van der Waals surface area contributed by atoms with E-state index in [-0.39, 0.29) is 5.82 Å². The van der Waals surface area contributed by atoms with Crippen LogP contribution in [0.25, 0.3) is 0 Å². The standard InChI is InChI=1S/C14H17FN2O2/c1-2-19-10-9-17-8-7-16-14(17)13(18)11-3-5-12(15)6-4-11/h3-8,13,18H,2,9-10H2,1H3/t13-/m1/s1. The van der Waals surface area contributed by atoms with Gasteiger partial charge in [-0.15, -0.1) is 0 Å². The number of halogens is 1. The lowest BCUT2D eigenvalue weighted by atomic mass is 10.1. The second kappa shape index (κ2) is 6.45. The Labute approximate surface area is 111 Å². The van der Waals surface area contributed by atoms with Crippen LogP contribution in [0.5, 0.6) is 0 Å². The van der Waals surface area contributed by atoms with Crippen LogP contribution in [-0.4, -0.2) is 27.9 Å². The molecule has 0 spiro atoms. The molecule has 2 rings (SSSR count). The van der Waals surface area contributed by atoms with E-state index in [4.69, 9.17) is 4.74 Å². The van der Waals surface area contributed by atoms with Gasteiger partial charge in [-0.25, -0.2) is 9.37 Å². The van der Waals surface area contributed by atoms with Crippen LogP contribution >= 0.6 is 0 Å². The zero-order chi connectivity index (χ0) is 13.7. The highest BCUT2D eigenvalue weighted by molar-refractivity contribution is 5.23. The lowest BCUT2D eigenvalue weighted by molar-refractivity contribution is 0.134. The van der Waals surface area contributed by atoms with Crippen molar-refractivity contribution in [3.8, 4) is 0 Å². The third kappa shape index (κ3) is 3.39. The first-order chi connectivity index (χ1) is 9.22. The number of benzene rings is 1. The first kappa shape index (κ1) is 13.7. The van der Waals surface area contributed by atoms with Crippen LogP contribution in [0.15, 0.2) is 36.7 Å². The molecule has 0 amide bonds. The number of rotatable bonds is 6. The van der Waals surface area contributed by atoms with E-state index >= 15 is 0 Å². The SMILES string of the molecule is CCOCCn1ccnc1[C@H](O)c1ccc(F)cc1. The third-order valence-electron chi connectivity index (χ3n) is 2.86. The highest BCUT2D eigenvalue weighted by atomic mass is 19.1. The van der Waals surface area contributed by atoms with Gasteiger partial charge in [-0.05, 0) is 24.6 Å². The predicted octanol–water partition coefficient (Wildman–Crippen LogP) is 2.14. The summed E-state index contributed by atoms with van der Waals surface area (Å²) in [6.45, 7) is 3.78. The van der Waals surface area contributed by atoms with E-state index in [0.29, 0.717) is 31.1 Å². The number of imidazole rings is 1. The first-order valence-electron chi connectivity index (χ1n) is 6.24. The minimum atomic E-state index is -0.864. The maximum atomic E-state index is 12.9. The van der Waals surface area contributed by atoms with E-state index in [1.54, 1.807) is 24.5 Å². The molecule has 0 saturated carbocycles. The second-order valence-corrected chi connectivity index (χ2v) is 4.13. The van der Waals surface area contributed by atoms with Crippen molar-refractivity contribution in [3.63, 3.8) is 0 Å². The Kier molecular flexibility index (Phi) is 4.65. The normalized spacial score (nSPS) is 12.6. The van der Waals surface area contributed by atoms with Crippen molar-refractivity contribution in [1.82, 2.24) is 9.55 Å². The van der Waals surface area contributed by atoms with E-state index in [9.17, 15) is 9.50 Å². The van der Waals surface area contributed by atoms with Gasteiger partial charge in [-0.1, -0.05) is 12.1 Å². The molecule has 1 heterocycles. The molecule has 1 N–H and O–H groups in total. The monoisotopic (exact) mass is 264 g/mol. The van der Waals surface area contributed by atoms with Gasteiger partial charge in [0.25, 0.3) is 0 Å². The van der Waals surface area contributed by atoms with Gasteiger partial charge in [0.1, 0.15) is 17.7 Å². The molecule has 0 aliphatic heterocycles. The number of hydrogen-bond donors (Lipinski definition) is 1. The molecule has 2 aromatic rings. The zero-order valence-corrected chi connectivity index (χ0v) is 10.8. The minimum Gasteiger partial charge on any atom is -0.380 e. The number of aliphatic hydroxyl groups excluding tert-OH is 1. The zero-order valence-electron chi connectivity index (χ0n) is 10.8. The summed E-state index contributed by atoms with van der Waals surface area (Å²) in [7, 11) is 0. The van der Waals surface area contributed by atoms with E-state index in [0.717, 1.165) is 0 Å². The fourth-order valence-electron chi connectivity index (χ4n) is 1.86. The number of aromatic nitrogens is 2. The van der Waals surface area contributed by atoms with Crippen molar-refractivity contribution in [2.24, 2.45) is 0 Å². The maximum Gasteiger partial charge on any atom is 0.142 e. The predicted molar refractivity (Wildman–Crippen MR) is 69.2 cm³/mol. The van der Waals surface area contributed by atoms with Crippen LogP contribution in [0.3, 0.4) is 0 Å². The molecule has 0 fully saturated rings. The quantitative estimate of drug-likeness (QED) is 0.813. The van der Waals surface area contributed by atoms with Crippen molar-refractivity contribution < 1.29 is 14.2 Å². The maximum absolute atomic E-state index is 12.9. The van der Waals surface area contributed by atoms with Gasteiger partial charge in [-0.3, -0.25) is 0 Å². The largest absolute Gasteiger partial charge is 0.380 e. The topological polar surface area (TPSA) is 47.3 Å². The molecule has 0 aliphatic rings. The molecular formula is C14H17FN2O2. The van der Waals surface area contributed by atoms with Gasteiger partial charge in [0.15, 0.2) is 0 Å². The smallest absolute Gasteiger partial charge is 0.142 e. The van der Waals surface area contributed by atoms with E-state index in [2.05, 4.69) is 4.98 Å². The van der Waals surface area contributed by atoms with Crippen LogP contribution in [-0.2, 0) is 11.3 Å². The molecule has 102 valence electrons. The Bertz CT molecular complexity index is 510. The molecule has 0 radical (unpaired) electrons. The molecule has 19 heavy (non-hydrogen) atoms. The van der Waals surface area contributed by atoms with Gasteiger partial charge in [0.2, 0.25) is 0 Å². The number of aliphatic hydroxyl groups is 1. The summed E-state index contributed by atoms with van der Waals surface area (Å²) < 4.78 is 20.0. The van der Waals surface area contributed by atoms with Crippen LogP contribution in [0, 0.1) is 5.82 Å².